The molecule has 0 fully saturated rings. The van der Waals surface area contributed by atoms with Crippen molar-refractivity contribution < 1.29 is 37.6 Å². The molecule has 10 heteroatoms. The van der Waals surface area contributed by atoms with Crippen molar-refractivity contribution in [3.05, 3.63) is 24.3 Å². The molecule has 0 aliphatic carbocycles. The molecule has 0 aliphatic rings. The van der Waals surface area contributed by atoms with Crippen LogP contribution >= 0.6 is 7.82 Å². The van der Waals surface area contributed by atoms with Crippen molar-refractivity contribution in [3.63, 3.8) is 0 Å². The molecule has 0 amide bonds. The fourth-order valence-corrected chi connectivity index (χ4v) is 10.3. The number of hydrogen-bond acceptors (Lipinski definition) is 8. The van der Waals surface area contributed by atoms with Gasteiger partial charge in [0.25, 0.3) is 0 Å². The van der Waals surface area contributed by atoms with Gasteiger partial charge in [-0.3, -0.25) is 18.6 Å². The van der Waals surface area contributed by atoms with Crippen molar-refractivity contribution in [1.29, 1.82) is 0 Å². The fourth-order valence-electron chi connectivity index (χ4n) is 9.57. The quantitative estimate of drug-likeness (QED) is 0.0264. The maximum absolute atomic E-state index is 12.7. The SMILES string of the molecule is CCCCCCCC/C=C\CCCCCCCCCCCC(=O)OCC(COP(=O)(O)OCCN)OC(=O)CCCCCCCCCCCCCCCCCCCCCCC/C=C\CCCCCCCCCC. The molecule has 0 aromatic carbocycles. The van der Waals surface area contributed by atoms with Gasteiger partial charge in [-0.1, -0.05) is 282 Å². The Morgan fingerprint density at radius 2 is 0.671 bits per heavy atom. The summed E-state index contributed by atoms with van der Waals surface area (Å²) in [6, 6.07) is 0. The summed E-state index contributed by atoms with van der Waals surface area (Å²) in [5.41, 5.74) is 5.39. The smallest absolute Gasteiger partial charge is 0.462 e. The van der Waals surface area contributed by atoms with E-state index < -0.39 is 26.5 Å². The van der Waals surface area contributed by atoms with Crippen LogP contribution in [0.25, 0.3) is 0 Å². The highest BCUT2D eigenvalue weighted by atomic mass is 31.2. The van der Waals surface area contributed by atoms with Gasteiger partial charge >= 0.3 is 19.8 Å². The molecular formula is C63H122NO8P. The molecule has 0 saturated carbocycles. The number of rotatable bonds is 61. The number of phosphoric acid groups is 1. The summed E-state index contributed by atoms with van der Waals surface area (Å²) in [7, 11) is -4.39. The summed E-state index contributed by atoms with van der Waals surface area (Å²) in [4.78, 5) is 35.2. The van der Waals surface area contributed by atoms with Crippen molar-refractivity contribution in [2.24, 2.45) is 5.73 Å². The van der Waals surface area contributed by atoms with Gasteiger partial charge in [0.05, 0.1) is 13.2 Å². The van der Waals surface area contributed by atoms with Crippen molar-refractivity contribution in [2.75, 3.05) is 26.4 Å². The molecule has 0 aromatic heterocycles. The summed E-state index contributed by atoms with van der Waals surface area (Å²) in [6.45, 7) is 3.80. The van der Waals surface area contributed by atoms with Crippen LogP contribution in [0.1, 0.15) is 335 Å². The second-order valence-corrected chi connectivity index (χ2v) is 23.1. The minimum absolute atomic E-state index is 0.0558. The minimum atomic E-state index is -4.39. The van der Waals surface area contributed by atoms with Crippen molar-refractivity contribution in [2.45, 2.75) is 341 Å². The van der Waals surface area contributed by atoms with E-state index in [2.05, 4.69) is 38.2 Å². The van der Waals surface area contributed by atoms with Crippen LogP contribution in [0.4, 0.5) is 0 Å². The highest BCUT2D eigenvalue weighted by Crippen LogP contribution is 2.43. The van der Waals surface area contributed by atoms with Crippen molar-refractivity contribution in [3.8, 4) is 0 Å². The van der Waals surface area contributed by atoms with E-state index >= 15 is 0 Å². The maximum Gasteiger partial charge on any atom is 0.472 e. The summed E-state index contributed by atoms with van der Waals surface area (Å²) >= 11 is 0. The molecule has 2 unspecified atom stereocenters. The van der Waals surface area contributed by atoms with Gasteiger partial charge in [-0.05, 0) is 64.2 Å². The third-order valence-corrected chi connectivity index (χ3v) is 15.3. The van der Waals surface area contributed by atoms with Gasteiger partial charge in [-0.2, -0.15) is 0 Å². The van der Waals surface area contributed by atoms with E-state index in [1.807, 2.05) is 0 Å². The number of hydrogen-bond donors (Lipinski definition) is 2. The first-order chi connectivity index (χ1) is 35.8. The number of carbonyl (C=O) groups is 2. The Balaban J connectivity index is 3.83. The van der Waals surface area contributed by atoms with E-state index in [0.29, 0.717) is 6.42 Å². The molecule has 432 valence electrons. The van der Waals surface area contributed by atoms with E-state index in [1.54, 1.807) is 0 Å². The first kappa shape index (κ1) is 71.5. The summed E-state index contributed by atoms with van der Waals surface area (Å²) in [5.74, 6) is -0.811. The second kappa shape index (κ2) is 59.7. The zero-order valence-corrected chi connectivity index (χ0v) is 49.3. The van der Waals surface area contributed by atoms with E-state index in [1.165, 1.54) is 270 Å². The molecular weight excluding hydrogens is 930 g/mol. The largest absolute Gasteiger partial charge is 0.472 e. The van der Waals surface area contributed by atoms with E-state index in [-0.39, 0.29) is 38.6 Å². The van der Waals surface area contributed by atoms with Gasteiger partial charge in [-0.15, -0.1) is 0 Å². The summed E-state index contributed by atoms with van der Waals surface area (Å²) < 4.78 is 33.1. The van der Waals surface area contributed by atoms with Crippen LogP contribution in [0.15, 0.2) is 24.3 Å². The molecule has 0 aliphatic heterocycles. The lowest BCUT2D eigenvalue weighted by atomic mass is 10.0. The number of ether oxygens (including phenoxy) is 2. The Morgan fingerprint density at radius 1 is 0.397 bits per heavy atom. The van der Waals surface area contributed by atoms with Gasteiger partial charge in [0.1, 0.15) is 6.61 Å². The highest BCUT2D eigenvalue weighted by Gasteiger charge is 2.26. The van der Waals surface area contributed by atoms with Crippen LogP contribution in [0.2, 0.25) is 0 Å². The topological polar surface area (TPSA) is 134 Å². The second-order valence-electron chi connectivity index (χ2n) is 21.6. The van der Waals surface area contributed by atoms with Gasteiger partial charge in [0, 0.05) is 19.4 Å². The van der Waals surface area contributed by atoms with Crippen LogP contribution in [0, 0.1) is 0 Å². The normalized spacial score (nSPS) is 13.1. The zero-order valence-electron chi connectivity index (χ0n) is 48.4. The monoisotopic (exact) mass is 1050 g/mol. The van der Waals surface area contributed by atoms with E-state index in [4.69, 9.17) is 24.3 Å². The Bertz CT molecular complexity index is 1250. The van der Waals surface area contributed by atoms with E-state index in [9.17, 15) is 19.0 Å². The number of esters is 2. The highest BCUT2D eigenvalue weighted by molar-refractivity contribution is 7.47. The van der Waals surface area contributed by atoms with E-state index in [0.717, 1.165) is 32.1 Å². The average Bonchev–Trinajstić information content (AvgIpc) is 3.38. The van der Waals surface area contributed by atoms with Crippen LogP contribution in [-0.4, -0.2) is 49.3 Å². The third-order valence-electron chi connectivity index (χ3n) is 14.3. The van der Waals surface area contributed by atoms with Crippen LogP contribution in [0.3, 0.4) is 0 Å². The third kappa shape index (κ3) is 59.6. The molecule has 0 rings (SSSR count). The van der Waals surface area contributed by atoms with Crippen molar-refractivity contribution in [1.82, 2.24) is 0 Å². The average molecular weight is 1050 g/mol. The summed E-state index contributed by atoms with van der Waals surface area (Å²) in [5, 5.41) is 0. The Morgan fingerprint density at radius 3 is 0.973 bits per heavy atom. The minimum Gasteiger partial charge on any atom is -0.462 e. The maximum atomic E-state index is 12.7. The zero-order chi connectivity index (χ0) is 53.1. The standard InChI is InChI=1S/C63H122NO8P/c1-3-5-7-9-11-13-15-17-19-21-23-24-25-26-27-28-29-30-31-32-33-34-35-36-38-40-42-44-46-48-50-52-54-56-63(66)72-61(60-71-73(67,68)70-58-57-64)59-69-62(65)55-53-51-49-47-45-43-41-39-37-22-20-18-16-14-12-10-8-6-4-2/h18,20-21,23,61H,3-17,19,22,24-60,64H2,1-2H3,(H,67,68)/b20-18-,23-21-. The predicted octanol–water partition coefficient (Wildman–Crippen LogP) is 20.2. The number of carbonyl (C=O) groups excluding carboxylic acids is 2. The lowest BCUT2D eigenvalue weighted by Gasteiger charge is -2.19. The lowest BCUT2D eigenvalue weighted by molar-refractivity contribution is -0.161. The van der Waals surface area contributed by atoms with Crippen molar-refractivity contribution >= 4 is 19.8 Å². The van der Waals surface area contributed by atoms with Gasteiger partial charge in [0.15, 0.2) is 6.10 Å². The molecule has 0 aromatic rings. The number of allylic oxidation sites excluding steroid dienone is 4. The number of nitrogens with two attached hydrogens (primary N) is 1. The van der Waals surface area contributed by atoms with Crippen LogP contribution < -0.4 is 5.73 Å². The van der Waals surface area contributed by atoms with Gasteiger partial charge in [-0.25, -0.2) is 4.57 Å². The lowest BCUT2D eigenvalue weighted by Crippen LogP contribution is -2.29. The summed E-state index contributed by atoms with van der Waals surface area (Å²) in [6.07, 6.45) is 71.2. The molecule has 9 nitrogen and oxygen atoms in total. The Kier molecular flexibility index (Phi) is 58.5. The molecule has 0 heterocycles. The Labute approximate surface area is 452 Å². The fraction of sp³-hybridized carbons (Fsp3) is 0.905. The molecule has 0 saturated heterocycles. The number of unbranched alkanes of at least 4 members (excludes halogenated alkanes) is 44. The Hall–Kier alpha value is -1.51. The predicted molar refractivity (Wildman–Crippen MR) is 312 cm³/mol. The first-order valence-electron chi connectivity index (χ1n) is 31.8. The van der Waals surface area contributed by atoms with Gasteiger partial charge in [0.2, 0.25) is 0 Å². The van der Waals surface area contributed by atoms with Crippen LogP contribution in [-0.2, 0) is 32.7 Å². The molecule has 2 atom stereocenters. The molecule has 0 radical (unpaired) electrons. The van der Waals surface area contributed by atoms with Gasteiger partial charge < -0.3 is 20.1 Å². The molecule has 0 spiro atoms. The molecule has 3 N–H and O–H groups in total. The first-order valence-corrected chi connectivity index (χ1v) is 33.3. The molecule has 73 heavy (non-hydrogen) atoms. The van der Waals surface area contributed by atoms with Crippen LogP contribution in [0.5, 0.6) is 0 Å². The number of phosphoric ester groups is 1. The molecule has 0 bridgehead atoms.